The summed E-state index contributed by atoms with van der Waals surface area (Å²) < 4.78 is 40.1. The largest absolute Gasteiger partial charge is 0.494 e. The number of benzene rings is 2. The van der Waals surface area contributed by atoms with Crippen LogP contribution < -0.4 is 19.1 Å². The van der Waals surface area contributed by atoms with Gasteiger partial charge in [0.2, 0.25) is 5.91 Å². The van der Waals surface area contributed by atoms with Gasteiger partial charge in [0.05, 0.1) is 23.8 Å². The fraction of sp³-hybridized carbons (Fsp3) is 0.458. The average molecular weight is 459 g/mol. The number of amides is 1. The van der Waals surface area contributed by atoms with Gasteiger partial charge in [0.25, 0.3) is 10.0 Å². The number of nitrogens with one attached hydrogen (secondary N) is 1. The Balaban J connectivity index is 1.61. The Bertz CT molecular complexity index is 1110. The third kappa shape index (κ3) is 4.28. The fourth-order valence-electron chi connectivity index (χ4n) is 4.29. The number of carbonyl (C=O) groups excluding carboxylic acids is 1. The first-order valence-electron chi connectivity index (χ1n) is 11.2. The number of carbonyl (C=O) groups is 1. The molecule has 0 aromatic heterocycles. The summed E-state index contributed by atoms with van der Waals surface area (Å²) in [6, 6.07) is 10.1. The van der Waals surface area contributed by atoms with Crippen molar-refractivity contribution in [3.8, 4) is 11.5 Å². The van der Waals surface area contributed by atoms with Crippen LogP contribution in [-0.4, -0.2) is 33.6 Å². The fourth-order valence-corrected chi connectivity index (χ4v) is 5.40. The van der Waals surface area contributed by atoms with Crippen LogP contribution in [0.1, 0.15) is 45.6 Å². The molecule has 7 nitrogen and oxygen atoms in total. The van der Waals surface area contributed by atoms with E-state index < -0.39 is 10.0 Å². The molecule has 0 unspecified atom stereocenters. The van der Waals surface area contributed by atoms with Crippen molar-refractivity contribution >= 4 is 27.3 Å². The van der Waals surface area contributed by atoms with Crippen LogP contribution in [0, 0.1) is 5.92 Å². The summed E-state index contributed by atoms with van der Waals surface area (Å²) in [4.78, 5) is 14.9. The maximum atomic E-state index is 13.2. The molecule has 0 bridgehead atoms. The highest BCUT2D eigenvalue weighted by atomic mass is 32.2. The lowest BCUT2D eigenvalue weighted by Gasteiger charge is -2.32. The standard InChI is InChI=1S/C24H30N2O5S/c1-4-30-19-9-12-23(31-5-2)21(15-19)25-32(28,29)20-10-11-22-18(14-20)13-16(3)26(22)24(27)17-7-6-8-17/h9-12,14-17,25H,4-8,13H2,1-3H3/t16-/m1/s1. The topological polar surface area (TPSA) is 84.9 Å². The molecule has 1 aliphatic heterocycles. The quantitative estimate of drug-likeness (QED) is 0.635. The molecule has 0 saturated heterocycles. The van der Waals surface area contributed by atoms with Gasteiger partial charge < -0.3 is 14.4 Å². The SMILES string of the molecule is CCOc1ccc(OCC)c(NS(=O)(=O)c2ccc3c(c2)C[C@@H](C)N3C(=O)C2CCC2)c1. The number of rotatable bonds is 8. The predicted octanol–water partition coefficient (Wildman–Crippen LogP) is 4.36. The van der Waals surface area contributed by atoms with E-state index in [1.165, 1.54) is 0 Å². The first kappa shape index (κ1) is 22.5. The summed E-state index contributed by atoms with van der Waals surface area (Å²) in [6.07, 6.45) is 3.62. The Morgan fingerprint density at radius 3 is 2.50 bits per heavy atom. The lowest BCUT2D eigenvalue weighted by molar-refractivity contribution is -0.125. The van der Waals surface area contributed by atoms with Crippen molar-refractivity contribution in [2.24, 2.45) is 5.92 Å². The van der Waals surface area contributed by atoms with Crippen LogP contribution in [0.15, 0.2) is 41.3 Å². The Labute approximate surface area is 189 Å². The van der Waals surface area contributed by atoms with E-state index >= 15 is 0 Å². The average Bonchev–Trinajstić information content (AvgIpc) is 3.03. The molecule has 1 fully saturated rings. The van der Waals surface area contributed by atoms with Gasteiger partial charge >= 0.3 is 0 Å². The van der Waals surface area contributed by atoms with E-state index in [-0.39, 0.29) is 22.8 Å². The first-order valence-corrected chi connectivity index (χ1v) is 12.7. The number of sulfonamides is 1. The van der Waals surface area contributed by atoms with Crippen LogP contribution in [-0.2, 0) is 21.2 Å². The van der Waals surface area contributed by atoms with Crippen LogP contribution >= 0.6 is 0 Å². The molecular weight excluding hydrogens is 428 g/mol. The van der Waals surface area contributed by atoms with Crippen molar-refractivity contribution in [1.82, 2.24) is 0 Å². The van der Waals surface area contributed by atoms with Crippen molar-refractivity contribution in [3.63, 3.8) is 0 Å². The Kier molecular flexibility index (Phi) is 6.33. The number of fused-ring (bicyclic) bond motifs is 1. The minimum atomic E-state index is -3.86. The Morgan fingerprint density at radius 2 is 1.84 bits per heavy atom. The van der Waals surface area contributed by atoms with Crippen molar-refractivity contribution in [3.05, 3.63) is 42.0 Å². The number of hydrogen-bond donors (Lipinski definition) is 1. The van der Waals surface area contributed by atoms with Gasteiger partial charge in [-0.05, 0) is 75.9 Å². The summed E-state index contributed by atoms with van der Waals surface area (Å²) >= 11 is 0. The molecule has 1 aliphatic carbocycles. The molecule has 172 valence electrons. The molecule has 8 heteroatoms. The Morgan fingerprint density at radius 1 is 1.09 bits per heavy atom. The molecule has 2 aromatic carbocycles. The second-order valence-electron chi connectivity index (χ2n) is 8.31. The van der Waals surface area contributed by atoms with Gasteiger partial charge in [0, 0.05) is 23.7 Å². The zero-order valence-corrected chi connectivity index (χ0v) is 19.6. The summed E-state index contributed by atoms with van der Waals surface area (Å²) in [5, 5.41) is 0. The third-order valence-electron chi connectivity index (χ3n) is 6.07. The van der Waals surface area contributed by atoms with Crippen LogP contribution in [0.2, 0.25) is 0 Å². The molecule has 2 aromatic rings. The van der Waals surface area contributed by atoms with Crippen LogP contribution in [0.25, 0.3) is 0 Å². The molecule has 1 atom stereocenters. The van der Waals surface area contributed by atoms with Crippen molar-refractivity contribution in [1.29, 1.82) is 0 Å². The lowest BCUT2D eigenvalue weighted by atomic mass is 9.84. The molecule has 1 N–H and O–H groups in total. The van der Waals surface area contributed by atoms with E-state index in [1.54, 1.807) is 36.4 Å². The van der Waals surface area contributed by atoms with E-state index in [1.807, 2.05) is 25.7 Å². The molecule has 4 rings (SSSR count). The second-order valence-corrected chi connectivity index (χ2v) is 9.99. The number of anilines is 2. The molecule has 1 amide bonds. The normalized spacial score (nSPS) is 18.1. The minimum Gasteiger partial charge on any atom is -0.494 e. The predicted molar refractivity (Wildman–Crippen MR) is 124 cm³/mol. The molecule has 0 spiro atoms. The minimum absolute atomic E-state index is 0.0245. The van der Waals surface area contributed by atoms with Gasteiger partial charge in [0.1, 0.15) is 11.5 Å². The summed E-state index contributed by atoms with van der Waals surface area (Å²) in [7, 11) is -3.86. The third-order valence-corrected chi connectivity index (χ3v) is 7.44. The highest BCUT2D eigenvalue weighted by Gasteiger charge is 2.37. The summed E-state index contributed by atoms with van der Waals surface area (Å²) in [5.74, 6) is 1.25. The van der Waals surface area contributed by atoms with Gasteiger partial charge in [-0.1, -0.05) is 6.42 Å². The zero-order chi connectivity index (χ0) is 22.9. The highest BCUT2D eigenvalue weighted by molar-refractivity contribution is 7.92. The number of hydrogen-bond acceptors (Lipinski definition) is 5. The van der Waals surface area contributed by atoms with Crippen molar-refractivity contribution in [2.75, 3.05) is 22.8 Å². The van der Waals surface area contributed by atoms with Gasteiger partial charge in [-0.15, -0.1) is 0 Å². The summed E-state index contributed by atoms with van der Waals surface area (Å²) in [5.41, 5.74) is 2.02. The first-order chi connectivity index (χ1) is 15.3. The second kappa shape index (κ2) is 9.02. The van der Waals surface area contributed by atoms with Gasteiger partial charge in [-0.2, -0.15) is 0 Å². The van der Waals surface area contributed by atoms with Crippen molar-refractivity contribution < 1.29 is 22.7 Å². The maximum Gasteiger partial charge on any atom is 0.262 e. The van der Waals surface area contributed by atoms with Gasteiger partial charge in [-0.25, -0.2) is 8.42 Å². The van der Waals surface area contributed by atoms with Gasteiger partial charge in [-0.3, -0.25) is 9.52 Å². The smallest absolute Gasteiger partial charge is 0.262 e. The molecule has 32 heavy (non-hydrogen) atoms. The van der Waals surface area contributed by atoms with Crippen LogP contribution in [0.4, 0.5) is 11.4 Å². The van der Waals surface area contributed by atoms with E-state index in [9.17, 15) is 13.2 Å². The van der Waals surface area contributed by atoms with Crippen LogP contribution in [0.3, 0.4) is 0 Å². The molecule has 0 radical (unpaired) electrons. The monoisotopic (exact) mass is 458 g/mol. The van der Waals surface area contributed by atoms with Crippen LogP contribution in [0.5, 0.6) is 11.5 Å². The molecular formula is C24H30N2O5S. The van der Waals surface area contributed by atoms with E-state index in [0.717, 1.165) is 30.5 Å². The molecule has 1 heterocycles. The van der Waals surface area contributed by atoms with E-state index in [0.29, 0.717) is 36.8 Å². The highest BCUT2D eigenvalue weighted by Crippen LogP contribution is 2.39. The lowest BCUT2D eigenvalue weighted by Crippen LogP contribution is -2.42. The maximum absolute atomic E-state index is 13.2. The number of nitrogens with zero attached hydrogens (tertiary/aromatic N) is 1. The van der Waals surface area contributed by atoms with Crippen molar-refractivity contribution in [2.45, 2.75) is 57.4 Å². The number of ether oxygens (including phenoxy) is 2. The molecule has 1 saturated carbocycles. The Hall–Kier alpha value is -2.74. The summed E-state index contributed by atoms with van der Waals surface area (Å²) in [6.45, 7) is 6.60. The molecule has 2 aliphatic rings. The van der Waals surface area contributed by atoms with E-state index in [2.05, 4.69) is 4.72 Å². The van der Waals surface area contributed by atoms with E-state index in [4.69, 9.17) is 9.47 Å². The van der Waals surface area contributed by atoms with Gasteiger partial charge in [0.15, 0.2) is 0 Å². The zero-order valence-electron chi connectivity index (χ0n) is 18.8.